The molecule has 0 aliphatic heterocycles. The van der Waals surface area contributed by atoms with E-state index in [0.717, 1.165) is 19.3 Å². The van der Waals surface area contributed by atoms with Crippen LogP contribution in [0.4, 0.5) is 0 Å². The number of benzene rings is 1. The molecule has 2 heteroatoms. The molecule has 1 aliphatic carbocycles. The first-order valence-corrected chi connectivity index (χ1v) is 5.99. The quantitative estimate of drug-likeness (QED) is 0.839. The van der Waals surface area contributed by atoms with Crippen LogP contribution in [0.2, 0.25) is 0 Å². The molecule has 0 aromatic heterocycles. The Labute approximate surface area is 97.3 Å². The number of nitrogens with one attached hydrogen (secondary N) is 1. The van der Waals surface area contributed by atoms with Gasteiger partial charge in [0.2, 0.25) is 0 Å². The molecule has 0 spiro atoms. The Bertz CT molecular complexity index is 419. The zero-order valence-corrected chi connectivity index (χ0v) is 9.96. The van der Waals surface area contributed by atoms with Gasteiger partial charge in [0, 0.05) is 6.04 Å². The lowest BCUT2D eigenvalue weighted by Crippen LogP contribution is -2.44. The minimum absolute atomic E-state index is 0.380. The maximum Gasteiger partial charge on any atom is 0.133 e. The average Bonchev–Trinajstić information content (AvgIpc) is 2.69. The van der Waals surface area contributed by atoms with Crippen LogP contribution in [0, 0.1) is 11.3 Å². The average molecular weight is 214 g/mol. The first-order valence-electron chi connectivity index (χ1n) is 5.99. The van der Waals surface area contributed by atoms with Crippen LogP contribution in [0.25, 0.3) is 0 Å². The van der Waals surface area contributed by atoms with E-state index in [0.29, 0.717) is 6.04 Å². The maximum atomic E-state index is 9.50. The smallest absolute Gasteiger partial charge is 0.133 e. The number of hydrogen-bond donors (Lipinski definition) is 1. The highest BCUT2D eigenvalue weighted by Crippen LogP contribution is 2.36. The first-order chi connectivity index (χ1) is 7.72. The molecule has 0 heterocycles. The van der Waals surface area contributed by atoms with Crippen molar-refractivity contribution in [3.8, 4) is 6.07 Å². The number of nitrogens with zero attached hydrogens (tertiary/aromatic N) is 1. The molecule has 2 rings (SSSR count). The third-order valence-corrected chi connectivity index (χ3v) is 3.54. The molecule has 0 saturated heterocycles. The molecule has 2 atom stereocenters. The van der Waals surface area contributed by atoms with E-state index >= 15 is 0 Å². The van der Waals surface area contributed by atoms with Crippen LogP contribution in [-0.2, 0) is 12.0 Å². The topological polar surface area (TPSA) is 35.8 Å². The molecule has 0 amide bonds. The van der Waals surface area contributed by atoms with Gasteiger partial charge in [-0.1, -0.05) is 31.2 Å². The summed E-state index contributed by atoms with van der Waals surface area (Å²) in [5.41, 5.74) is 2.05. The van der Waals surface area contributed by atoms with E-state index in [1.54, 1.807) is 0 Å². The summed E-state index contributed by atoms with van der Waals surface area (Å²) < 4.78 is 0. The fraction of sp³-hybridized carbons (Fsp3) is 0.500. The standard InChI is InChI=1S/C14H18N2/c1-3-11(2)16-14(10-15)9-8-12-6-4-5-7-13(12)14/h4-7,11,16H,3,8-9H2,1-2H3. The minimum atomic E-state index is -0.452. The van der Waals surface area contributed by atoms with Crippen molar-refractivity contribution in [1.29, 1.82) is 5.26 Å². The second kappa shape index (κ2) is 4.27. The Hall–Kier alpha value is -1.33. The van der Waals surface area contributed by atoms with Gasteiger partial charge in [0.1, 0.15) is 5.54 Å². The van der Waals surface area contributed by atoms with Gasteiger partial charge in [0.25, 0.3) is 0 Å². The molecular weight excluding hydrogens is 196 g/mol. The van der Waals surface area contributed by atoms with Crippen molar-refractivity contribution in [3.63, 3.8) is 0 Å². The SMILES string of the molecule is CCC(C)NC1(C#N)CCc2ccccc21. The monoisotopic (exact) mass is 214 g/mol. The molecule has 1 aromatic rings. The number of rotatable bonds is 3. The Morgan fingerprint density at radius 3 is 2.94 bits per heavy atom. The Kier molecular flexibility index (Phi) is 2.98. The first kappa shape index (κ1) is 11.2. The van der Waals surface area contributed by atoms with Crippen LogP contribution in [-0.4, -0.2) is 6.04 Å². The van der Waals surface area contributed by atoms with Gasteiger partial charge in [-0.3, -0.25) is 5.32 Å². The van der Waals surface area contributed by atoms with Crippen molar-refractivity contribution in [2.75, 3.05) is 0 Å². The van der Waals surface area contributed by atoms with Gasteiger partial charge >= 0.3 is 0 Å². The second-order valence-electron chi connectivity index (χ2n) is 4.63. The highest BCUT2D eigenvalue weighted by Gasteiger charge is 2.39. The van der Waals surface area contributed by atoms with Crippen LogP contribution < -0.4 is 5.32 Å². The highest BCUT2D eigenvalue weighted by atomic mass is 15.0. The van der Waals surface area contributed by atoms with E-state index in [4.69, 9.17) is 0 Å². The summed E-state index contributed by atoms with van der Waals surface area (Å²) in [4.78, 5) is 0. The van der Waals surface area contributed by atoms with Gasteiger partial charge in [0.15, 0.2) is 0 Å². The number of nitriles is 1. The van der Waals surface area contributed by atoms with E-state index in [2.05, 4.69) is 43.4 Å². The molecular formula is C14H18N2. The second-order valence-corrected chi connectivity index (χ2v) is 4.63. The summed E-state index contributed by atoms with van der Waals surface area (Å²) in [6.45, 7) is 4.28. The van der Waals surface area contributed by atoms with E-state index in [1.807, 2.05) is 6.07 Å². The summed E-state index contributed by atoms with van der Waals surface area (Å²) in [5, 5.41) is 13.0. The van der Waals surface area contributed by atoms with Crippen molar-refractivity contribution in [1.82, 2.24) is 5.32 Å². The number of fused-ring (bicyclic) bond motifs is 1. The zero-order valence-electron chi connectivity index (χ0n) is 9.96. The third kappa shape index (κ3) is 1.72. The Balaban J connectivity index is 2.35. The lowest BCUT2D eigenvalue weighted by atomic mass is 9.92. The fourth-order valence-electron chi connectivity index (χ4n) is 2.43. The van der Waals surface area contributed by atoms with Crippen molar-refractivity contribution < 1.29 is 0 Å². The van der Waals surface area contributed by atoms with Gasteiger partial charge < -0.3 is 0 Å². The summed E-state index contributed by atoms with van der Waals surface area (Å²) >= 11 is 0. The largest absolute Gasteiger partial charge is 0.293 e. The predicted octanol–water partition coefficient (Wildman–Crippen LogP) is 2.74. The van der Waals surface area contributed by atoms with Gasteiger partial charge in [-0.25, -0.2) is 0 Å². The van der Waals surface area contributed by atoms with E-state index in [9.17, 15) is 5.26 Å². The Morgan fingerprint density at radius 1 is 1.50 bits per heavy atom. The van der Waals surface area contributed by atoms with E-state index in [-0.39, 0.29) is 0 Å². The molecule has 0 radical (unpaired) electrons. The number of hydrogen-bond acceptors (Lipinski definition) is 2. The lowest BCUT2D eigenvalue weighted by Gasteiger charge is -2.27. The normalized spacial score (nSPS) is 24.8. The highest BCUT2D eigenvalue weighted by molar-refractivity contribution is 5.43. The van der Waals surface area contributed by atoms with E-state index in [1.165, 1.54) is 11.1 Å². The summed E-state index contributed by atoms with van der Waals surface area (Å²) in [7, 11) is 0. The van der Waals surface area contributed by atoms with Crippen molar-refractivity contribution in [3.05, 3.63) is 35.4 Å². The van der Waals surface area contributed by atoms with Crippen LogP contribution in [0.1, 0.15) is 37.8 Å². The molecule has 1 aromatic carbocycles. The maximum absolute atomic E-state index is 9.50. The molecule has 16 heavy (non-hydrogen) atoms. The minimum Gasteiger partial charge on any atom is -0.293 e. The summed E-state index contributed by atoms with van der Waals surface area (Å²) in [5.74, 6) is 0. The van der Waals surface area contributed by atoms with Crippen molar-refractivity contribution >= 4 is 0 Å². The van der Waals surface area contributed by atoms with Gasteiger partial charge in [-0.2, -0.15) is 5.26 Å². The van der Waals surface area contributed by atoms with Gasteiger partial charge in [0.05, 0.1) is 6.07 Å². The van der Waals surface area contributed by atoms with Crippen molar-refractivity contribution in [2.45, 2.75) is 44.7 Å². The zero-order chi connectivity index (χ0) is 11.6. The van der Waals surface area contributed by atoms with Crippen LogP contribution >= 0.6 is 0 Å². The molecule has 0 saturated carbocycles. The molecule has 1 N–H and O–H groups in total. The molecule has 1 aliphatic rings. The van der Waals surface area contributed by atoms with Crippen LogP contribution in [0.3, 0.4) is 0 Å². The van der Waals surface area contributed by atoms with Gasteiger partial charge in [-0.15, -0.1) is 0 Å². The van der Waals surface area contributed by atoms with Crippen LogP contribution in [0.15, 0.2) is 24.3 Å². The Morgan fingerprint density at radius 2 is 2.25 bits per heavy atom. The molecule has 0 fully saturated rings. The molecule has 2 nitrogen and oxygen atoms in total. The van der Waals surface area contributed by atoms with Crippen molar-refractivity contribution in [2.24, 2.45) is 0 Å². The molecule has 0 bridgehead atoms. The fourth-order valence-corrected chi connectivity index (χ4v) is 2.43. The van der Waals surface area contributed by atoms with E-state index < -0.39 is 5.54 Å². The third-order valence-electron chi connectivity index (χ3n) is 3.54. The van der Waals surface area contributed by atoms with Gasteiger partial charge in [-0.05, 0) is 37.3 Å². The molecule has 84 valence electrons. The number of aryl methyl sites for hydroxylation is 1. The summed E-state index contributed by atoms with van der Waals surface area (Å²) in [6.07, 6.45) is 2.95. The van der Waals surface area contributed by atoms with Crippen LogP contribution in [0.5, 0.6) is 0 Å². The predicted molar refractivity (Wildman–Crippen MR) is 64.9 cm³/mol. The summed E-state index contributed by atoms with van der Waals surface area (Å²) in [6, 6.07) is 11.2. The molecule has 2 unspecified atom stereocenters. The lowest BCUT2D eigenvalue weighted by molar-refractivity contribution is 0.366.